The Hall–Kier alpha value is -1.86. The van der Waals surface area contributed by atoms with Crippen LogP contribution < -0.4 is 9.47 Å². The molecule has 0 amide bonds. The molecule has 2 rings (SSSR count). The summed E-state index contributed by atoms with van der Waals surface area (Å²) in [4.78, 5) is 0. The molecule has 0 aromatic heterocycles. The lowest BCUT2D eigenvalue weighted by Crippen LogP contribution is -2.21. The Morgan fingerprint density at radius 2 is 1.58 bits per heavy atom. The minimum atomic E-state index is -0.913. The van der Waals surface area contributed by atoms with Crippen LogP contribution in [-0.2, 0) is 6.42 Å². The molecule has 2 aromatic carbocycles. The first-order chi connectivity index (χ1) is 12.5. The van der Waals surface area contributed by atoms with Gasteiger partial charge in [0, 0.05) is 0 Å². The molecule has 0 fully saturated rings. The third kappa shape index (κ3) is 6.46. The molecule has 0 spiro atoms. The van der Waals surface area contributed by atoms with Crippen LogP contribution in [0.25, 0.3) is 0 Å². The number of aliphatic hydroxyl groups is 3. The van der Waals surface area contributed by atoms with E-state index in [1.54, 1.807) is 18.2 Å². The Morgan fingerprint density at radius 3 is 2.19 bits per heavy atom. The molecule has 2 atom stereocenters. The van der Waals surface area contributed by atoms with E-state index >= 15 is 0 Å². The lowest BCUT2D eigenvalue weighted by Gasteiger charge is -2.12. The number of aliphatic hydroxyl groups excluding tert-OH is 3. The van der Waals surface area contributed by atoms with Crippen molar-refractivity contribution in [3.05, 3.63) is 59.4 Å². The molecule has 26 heavy (non-hydrogen) atoms. The highest BCUT2D eigenvalue weighted by Gasteiger charge is 2.09. The fraction of sp³-hybridized carbons (Fsp3) is 0.368. The first kappa shape index (κ1) is 20.5. The van der Waals surface area contributed by atoms with E-state index in [0.717, 1.165) is 11.1 Å². The first-order valence-corrected chi connectivity index (χ1v) is 8.71. The summed E-state index contributed by atoms with van der Waals surface area (Å²) in [7, 11) is 0. The van der Waals surface area contributed by atoms with Gasteiger partial charge in [0.15, 0.2) is 11.6 Å². The lowest BCUT2D eigenvalue weighted by molar-refractivity contribution is 0.0536. The van der Waals surface area contributed by atoms with Crippen molar-refractivity contribution in [2.45, 2.75) is 18.6 Å². The number of rotatable bonds is 10. The smallest absolute Gasteiger partial charge is 0.165 e. The van der Waals surface area contributed by atoms with Gasteiger partial charge in [-0.3, -0.25) is 0 Å². The molecule has 2 aromatic rings. The van der Waals surface area contributed by atoms with Gasteiger partial charge in [-0.15, -0.1) is 11.6 Å². The molecule has 0 aliphatic carbocycles. The Balaban J connectivity index is 1.92. The van der Waals surface area contributed by atoms with Gasteiger partial charge in [-0.1, -0.05) is 18.2 Å². The monoisotopic (exact) mass is 384 g/mol. The third-order valence-electron chi connectivity index (χ3n) is 3.59. The van der Waals surface area contributed by atoms with Gasteiger partial charge in [-0.05, 0) is 41.8 Å². The van der Waals surface area contributed by atoms with E-state index in [0.29, 0.717) is 12.2 Å². The van der Waals surface area contributed by atoms with Crippen molar-refractivity contribution in [2.75, 3.05) is 25.7 Å². The summed E-state index contributed by atoms with van der Waals surface area (Å²) in [6.45, 7) is -0.401. The SMILES string of the molecule is OC[C@H](O)COc1ccc(Cc2ccc(OC[C@H](O)CCl)c(F)c2)cc1. The van der Waals surface area contributed by atoms with Crippen molar-refractivity contribution in [1.82, 2.24) is 0 Å². The van der Waals surface area contributed by atoms with Crippen LogP contribution in [0.3, 0.4) is 0 Å². The molecule has 7 heteroatoms. The molecule has 0 saturated carbocycles. The number of hydrogen-bond donors (Lipinski definition) is 3. The van der Waals surface area contributed by atoms with Gasteiger partial charge in [-0.2, -0.15) is 0 Å². The summed E-state index contributed by atoms with van der Waals surface area (Å²) in [5.74, 6) is 0.179. The van der Waals surface area contributed by atoms with Gasteiger partial charge >= 0.3 is 0 Å². The van der Waals surface area contributed by atoms with E-state index in [4.69, 9.17) is 26.2 Å². The number of halogens is 2. The molecule has 142 valence electrons. The summed E-state index contributed by atoms with van der Waals surface area (Å²) < 4.78 is 24.6. The maximum atomic E-state index is 14.1. The van der Waals surface area contributed by atoms with Crippen molar-refractivity contribution < 1.29 is 29.2 Å². The zero-order valence-electron chi connectivity index (χ0n) is 14.1. The Morgan fingerprint density at radius 1 is 0.923 bits per heavy atom. The van der Waals surface area contributed by atoms with Crippen LogP contribution in [0.1, 0.15) is 11.1 Å². The van der Waals surface area contributed by atoms with Crippen LogP contribution in [0, 0.1) is 5.82 Å². The Labute approximate surface area is 156 Å². The average molecular weight is 385 g/mol. The van der Waals surface area contributed by atoms with Crippen LogP contribution >= 0.6 is 11.6 Å². The molecule has 0 bridgehead atoms. The molecule has 0 unspecified atom stereocenters. The second-order valence-electron chi connectivity index (χ2n) is 5.85. The number of benzene rings is 2. The standard InChI is InChI=1S/C19H22ClFO5/c20-9-15(23)11-26-19-6-3-14(8-18(19)21)7-13-1-4-17(5-2-13)25-12-16(24)10-22/h1-6,8,15-16,22-24H,7,9-12H2/t15-,16+/m1/s1. The molecule has 0 heterocycles. The maximum absolute atomic E-state index is 14.1. The molecular weight excluding hydrogens is 363 g/mol. The highest BCUT2D eigenvalue weighted by Crippen LogP contribution is 2.21. The van der Waals surface area contributed by atoms with E-state index in [2.05, 4.69) is 0 Å². The topological polar surface area (TPSA) is 79.2 Å². The zero-order chi connectivity index (χ0) is 18.9. The molecule has 0 radical (unpaired) electrons. The molecule has 0 aliphatic rings. The zero-order valence-corrected chi connectivity index (χ0v) is 14.9. The van der Waals surface area contributed by atoms with Crippen molar-refractivity contribution >= 4 is 11.6 Å². The summed E-state index contributed by atoms with van der Waals surface area (Å²) in [6.07, 6.45) is -1.22. The van der Waals surface area contributed by atoms with E-state index in [1.165, 1.54) is 12.1 Å². The van der Waals surface area contributed by atoms with Crippen LogP contribution in [-0.4, -0.2) is 53.2 Å². The highest BCUT2D eigenvalue weighted by atomic mass is 35.5. The largest absolute Gasteiger partial charge is 0.491 e. The van der Waals surface area contributed by atoms with Gasteiger partial charge < -0.3 is 24.8 Å². The minimum absolute atomic E-state index is 0.0148. The summed E-state index contributed by atoms with van der Waals surface area (Å²) >= 11 is 5.47. The van der Waals surface area contributed by atoms with Crippen molar-refractivity contribution in [3.8, 4) is 11.5 Å². The Kier molecular flexibility index (Phi) is 8.12. The van der Waals surface area contributed by atoms with Gasteiger partial charge in [0.1, 0.15) is 31.2 Å². The normalized spacial score (nSPS) is 13.3. The molecule has 3 N–H and O–H groups in total. The van der Waals surface area contributed by atoms with Crippen LogP contribution in [0.5, 0.6) is 11.5 Å². The second kappa shape index (κ2) is 10.3. The fourth-order valence-corrected chi connectivity index (χ4v) is 2.28. The van der Waals surface area contributed by atoms with E-state index in [-0.39, 0.29) is 31.5 Å². The minimum Gasteiger partial charge on any atom is -0.491 e. The van der Waals surface area contributed by atoms with E-state index in [1.807, 2.05) is 12.1 Å². The van der Waals surface area contributed by atoms with Gasteiger partial charge in [0.05, 0.1) is 12.5 Å². The quantitative estimate of drug-likeness (QED) is 0.547. The van der Waals surface area contributed by atoms with Gasteiger partial charge in [-0.25, -0.2) is 4.39 Å². The van der Waals surface area contributed by atoms with Crippen LogP contribution in [0.2, 0.25) is 0 Å². The van der Waals surface area contributed by atoms with Gasteiger partial charge in [0.2, 0.25) is 0 Å². The predicted molar refractivity (Wildman–Crippen MR) is 96.5 cm³/mol. The summed E-state index contributed by atoms with van der Waals surface area (Å²) in [6, 6.07) is 11.9. The molecular formula is C19H22ClFO5. The van der Waals surface area contributed by atoms with Gasteiger partial charge in [0.25, 0.3) is 0 Å². The molecule has 0 aliphatic heterocycles. The number of alkyl halides is 1. The highest BCUT2D eigenvalue weighted by molar-refractivity contribution is 6.18. The lowest BCUT2D eigenvalue weighted by atomic mass is 10.0. The maximum Gasteiger partial charge on any atom is 0.165 e. The van der Waals surface area contributed by atoms with Crippen LogP contribution in [0.15, 0.2) is 42.5 Å². The average Bonchev–Trinajstić information content (AvgIpc) is 2.66. The fourth-order valence-electron chi connectivity index (χ4n) is 2.19. The van der Waals surface area contributed by atoms with Crippen molar-refractivity contribution in [1.29, 1.82) is 0 Å². The van der Waals surface area contributed by atoms with Crippen molar-refractivity contribution in [3.63, 3.8) is 0 Å². The van der Waals surface area contributed by atoms with Crippen LogP contribution in [0.4, 0.5) is 4.39 Å². The van der Waals surface area contributed by atoms with Crippen molar-refractivity contribution in [2.24, 2.45) is 0 Å². The first-order valence-electron chi connectivity index (χ1n) is 8.17. The third-order valence-corrected chi connectivity index (χ3v) is 3.95. The summed E-state index contributed by atoms with van der Waals surface area (Å²) in [5, 5.41) is 27.4. The second-order valence-corrected chi connectivity index (χ2v) is 6.16. The van der Waals surface area contributed by atoms with E-state index < -0.39 is 18.0 Å². The molecule has 0 saturated heterocycles. The molecule has 5 nitrogen and oxygen atoms in total. The number of ether oxygens (including phenoxy) is 2. The van der Waals surface area contributed by atoms with E-state index in [9.17, 15) is 14.6 Å². The Bertz CT molecular complexity index is 680. The summed E-state index contributed by atoms with van der Waals surface area (Å²) in [5.41, 5.74) is 1.74. The number of hydrogen-bond acceptors (Lipinski definition) is 5. The predicted octanol–water partition coefficient (Wildman–Crippen LogP) is 2.13.